The third kappa shape index (κ3) is 6.97. The highest BCUT2D eigenvalue weighted by Crippen LogP contribution is 2.42. The van der Waals surface area contributed by atoms with Gasteiger partial charge < -0.3 is 10.6 Å². The molecule has 0 aliphatic carbocycles. The number of hydrogen-bond acceptors (Lipinski definition) is 4. The van der Waals surface area contributed by atoms with Crippen LogP contribution in [0.4, 0.5) is 0 Å². The molecule has 4 nitrogen and oxygen atoms in total. The Morgan fingerprint density at radius 3 is 1.42 bits per heavy atom. The molecule has 8 heteroatoms. The number of alkyl halides is 1. The number of amides is 2. The Bertz CT molecular complexity index is 324. The Kier molecular flexibility index (Phi) is 6.86. The molecule has 2 amide bonds. The van der Waals surface area contributed by atoms with Crippen LogP contribution in [0.5, 0.6) is 0 Å². The lowest BCUT2D eigenvalue weighted by atomic mass is 10.1. The van der Waals surface area contributed by atoms with Crippen LogP contribution in [0.3, 0.4) is 0 Å². The maximum atomic E-state index is 12.2. The standard InChI is InChI=1S/C11H20Cl2N2O2S2/c1-9(2,3)14-7(16)11(12,18-19-13)8(17)15-10(4,5)6/h1-6H3,(H,14,16)(H,15,17). The number of halogens is 2. The third-order valence-electron chi connectivity index (χ3n) is 1.71. The van der Waals surface area contributed by atoms with Crippen LogP contribution in [0.25, 0.3) is 0 Å². The minimum Gasteiger partial charge on any atom is -0.349 e. The Balaban J connectivity index is 5.14. The Morgan fingerprint density at radius 1 is 0.895 bits per heavy atom. The fourth-order valence-electron chi connectivity index (χ4n) is 1.06. The first kappa shape index (κ1) is 19.2. The Morgan fingerprint density at radius 2 is 1.21 bits per heavy atom. The molecule has 0 aromatic carbocycles. The van der Waals surface area contributed by atoms with Crippen LogP contribution in [0.2, 0.25) is 0 Å². The fourth-order valence-corrected chi connectivity index (χ4v) is 3.64. The summed E-state index contributed by atoms with van der Waals surface area (Å²) < 4.78 is -1.80. The van der Waals surface area contributed by atoms with E-state index in [4.69, 9.17) is 22.3 Å². The zero-order valence-electron chi connectivity index (χ0n) is 11.9. The van der Waals surface area contributed by atoms with Gasteiger partial charge in [0, 0.05) is 21.1 Å². The van der Waals surface area contributed by atoms with E-state index in [1.807, 2.05) is 41.5 Å². The summed E-state index contributed by atoms with van der Waals surface area (Å²) in [5, 5.41) is 5.37. The lowest BCUT2D eigenvalue weighted by Gasteiger charge is -2.31. The van der Waals surface area contributed by atoms with Gasteiger partial charge in [0.2, 0.25) is 0 Å². The zero-order chi connectivity index (χ0) is 15.5. The SMILES string of the molecule is CC(C)(C)NC(=O)C(Cl)(SSCl)C(=O)NC(C)(C)C. The molecule has 0 unspecified atom stereocenters. The minimum atomic E-state index is -1.80. The Hall–Kier alpha value is 0.220. The molecule has 19 heavy (non-hydrogen) atoms. The van der Waals surface area contributed by atoms with Crippen LogP contribution in [0.15, 0.2) is 0 Å². The average Bonchev–Trinajstić information content (AvgIpc) is 2.12. The molecule has 0 fully saturated rings. The van der Waals surface area contributed by atoms with Gasteiger partial charge in [0.05, 0.1) is 0 Å². The molecule has 0 aromatic rings. The lowest BCUT2D eigenvalue weighted by molar-refractivity contribution is -0.131. The van der Waals surface area contributed by atoms with E-state index in [2.05, 4.69) is 10.6 Å². The van der Waals surface area contributed by atoms with Crippen LogP contribution < -0.4 is 10.6 Å². The molecule has 2 N–H and O–H groups in total. The van der Waals surface area contributed by atoms with Crippen LogP contribution in [-0.2, 0) is 9.59 Å². The van der Waals surface area contributed by atoms with Crippen molar-refractivity contribution in [2.24, 2.45) is 0 Å². The van der Waals surface area contributed by atoms with E-state index in [-0.39, 0.29) is 0 Å². The van der Waals surface area contributed by atoms with Crippen LogP contribution in [0, 0.1) is 0 Å². The topological polar surface area (TPSA) is 58.2 Å². The average molecular weight is 347 g/mol. The summed E-state index contributed by atoms with van der Waals surface area (Å²) in [6, 6.07) is 0. The molecule has 0 aliphatic heterocycles. The summed E-state index contributed by atoms with van der Waals surface area (Å²) in [5.74, 6) is -1.16. The van der Waals surface area contributed by atoms with Gasteiger partial charge in [-0.1, -0.05) is 11.6 Å². The van der Waals surface area contributed by atoms with Gasteiger partial charge in [0.1, 0.15) is 0 Å². The van der Waals surface area contributed by atoms with E-state index in [1.165, 1.54) is 0 Å². The molecule has 0 saturated carbocycles. The maximum Gasteiger partial charge on any atom is 0.262 e. The quantitative estimate of drug-likeness (QED) is 0.465. The summed E-state index contributed by atoms with van der Waals surface area (Å²) in [4.78, 5) is 24.4. The van der Waals surface area contributed by atoms with Gasteiger partial charge in [-0.3, -0.25) is 9.59 Å². The summed E-state index contributed by atoms with van der Waals surface area (Å²) in [5.41, 5.74) is -0.979. The van der Waals surface area contributed by atoms with Crippen LogP contribution in [-0.4, -0.2) is 27.1 Å². The van der Waals surface area contributed by atoms with Gasteiger partial charge in [-0.25, -0.2) is 0 Å². The molecule has 0 aromatic heterocycles. The van der Waals surface area contributed by atoms with Crippen molar-refractivity contribution in [3.8, 4) is 0 Å². The molecule has 112 valence electrons. The monoisotopic (exact) mass is 346 g/mol. The van der Waals surface area contributed by atoms with Crippen LogP contribution >= 0.6 is 43.1 Å². The number of hydrogen-bond donors (Lipinski definition) is 2. The fraction of sp³-hybridized carbons (Fsp3) is 0.818. The number of rotatable bonds is 4. The van der Waals surface area contributed by atoms with Gasteiger partial charge in [-0.05, 0) is 63.0 Å². The molecular formula is C11H20Cl2N2O2S2. The number of carbonyl (C=O) groups is 2. The maximum absolute atomic E-state index is 12.2. The smallest absolute Gasteiger partial charge is 0.262 e. The van der Waals surface area contributed by atoms with E-state index in [9.17, 15) is 9.59 Å². The van der Waals surface area contributed by atoms with Gasteiger partial charge in [0.15, 0.2) is 0 Å². The summed E-state index contributed by atoms with van der Waals surface area (Å²) >= 11 is 6.19. The van der Waals surface area contributed by atoms with Crippen molar-refractivity contribution in [2.45, 2.75) is 56.8 Å². The highest BCUT2D eigenvalue weighted by molar-refractivity contribution is 8.86. The first-order valence-electron chi connectivity index (χ1n) is 5.62. The summed E-state index contributed by atoms with van der Waals surface area (Å²) in [6.45, 7) is 10.8. The van der Waals surface area contributed by atoms with E-state index < -0.39 is 27.1 Å². The van der Waals surface area contributed by atoms with Crippen molar-refractivity contribution in [1.82, 2.24) is 10.6 Å². The van der Waals surface area contributed by atoms with Crippen molar-refractivity contribution < 1.29 is 9.59 Å². The number of carbonyl (C=O) groups excluding carboxylic acids is 2. The second-order valence-corrected chi connectivity index (χ2v) is 9.86. The molecule has 0 heterocycles. The molecule has 0 saturated heterocycles. The number of nitrogens with one attached hydrogen (secondary N) is 2. The van der Waals surface area contributed by atoms with E-state index in [0.717, 1.165) is 20.8 Å². The molecule has 0 rings (SSSR count). The molecule has 0 atom stereocenters. The highest BCUT2D eigenvalue weighted by atomic mass is 35.7. The van der Waals surface area contributed by atoms with Gasteiger partial charge in [-0.15, -0.1) is 0 Å². The molecular weight excluding hydrogens is 327 g/mol. The van der Waals surface area contributed by atoms with Crippen molar-refractivity contribution in [1.29, 1.82) is 0 Å². The van der Waals surface area contributed by atoms with E-state index in [1.54, 1.807) is 0 Å². The van der Waals surface area contributed by atoms with Crippen molar-refractivity contribution >= 4 is 54.9 Å². The highest BCUT2D eigenvalue weighted by Gasteiger charge is 2.47. The second kappa shape index (κ2) is 6.78. The second-order valence-electron chi connectivity index (χ2n) is 6.15. The Labute approximate surface area is 132 Å². The largest absolute Gasteiger partial charge is 0.349 e. The predicted octanol–water partition coefficient (Wildman–Crippen LogP) is 3.29. The predicted molar refractivity (Wildman–Crippen MR) is 85.4 cm³/mol. The van der Waals surface area contributed by atoms with Gasteiger partial charge in [0.25, 0.3) is 16.0 Å². The van der Waals surface area contributed by atoms with E-state index >= 15 is 0 Å². The minimum absolute atomic E-state index is 0.489. The van der Waals surface area contributed by atoms with E-state index in [0.29, 0.717) is 0 Å². The van der Waals surface area contributed by atoms with Gasteiger partial charge >= 0.3 is 0 Å². The first-order valence-corrected chi connectivity index (χ1v) is 8.98. The summed E-state index contributed by atoms with van der Waals surface area (Å²) in [7, 11) is 7.10. The molecule has 0 radical (unpaired) electrons. The lowest BCUT2D eigenvalue weighted by Crippen LogP contribution is -2.57. The zero-order valence-corrected chi connectivity index (χ0v) is 15.0. The molecule has 0 bridgehead atoms. The molecule has 0 aliphatic rings. The van der Waals surface area contributed by atoms with Crippen LogP contribution in [0.1, 0.15) is 41.5 Å². The summed E-state index contributed by atoms with van der Waals surface area (Å²) in [6.07, 6.45) is 0. The van der Waals surface area contributed by atoms with Crippen molar-refractivity contribution in [3.63, 3.8) is 0 Å². The van der Waals surface area contributed by atoms with Crippen molar-refractivity contribution in [2.75, 3.05) is 0 Å². The third-order valence-corrected chi connectivity index (χ3v) is 4.73. The first-order chi connectivity index (χ1) is 8.32. The van der Waals surface area contributed by atoms with Gasteiger partial charge in [-0.2, -0.15) is 0 Å². The normalized spacial score (nSPS) is 13.1. The molecule has 0 spiro atoms. The van der Waals surface area contributed by atoms with Crippen molar-refractivity contribution in [3.05, 3.63) is 0 Å².